The van der Waals surface area contributed by atoms with E-state index >= 15 is 0 Å². The molecule has 0 saturated carbocycles. The maximum atomic E-state index is 13.8. The van der Waals surface area contributed by atoms with Gasteiger partial charge in [0.15, 0.2) is 5.13 Å². The maximum Gasteiger partial charge on any atom is 0.272 e. The number of amides is 1. The SMILES string of the molecule is Cc1cc2nc(N(Cc3ccccc3)C(=O)c3sc4ccccc4c3Cl)sc2cc1C. The number of anilines is 1. The van der Waals surface area contributed by atoms with E-state index in [0.717, 1.165) is 25.9 Å². The van der Waals surface area contributed by atoms with E-state index in [9.17, 15) is 4.79 Å². The van der Waals surface area contributed by atoms with Crippen LogP contribution in [0.2, 0.25) is 5.02 Å². The van der Waals surface area contributed by atoms with Crippen molar-refractivity contribution in [3.8, 4) is 0 Å². The van der Waals surface area contributed by atoms with Crippen molar-refractivity contribution in [1.29, 1.82) is 0 Å². The van der Waals surface area contributed by atoms with Gasteiger partial charge in [-0.2, -0.15) is 0 Å². The molecule has 5 aromatic rings. The first-order valence-electron chi connectivity index (χ1n) is 9.92. The zero-order valence-corrected chi connectivity index (χ0v) is 19.4. The third-order valence-corrected chi connectivity index (χ3v) is 8.09. The fraction of sp³-hybridized carbons (Fsp3) is 0.120. The molecule has 0 aliphatic heterocycles. The number of carbonyl (C=O) groups excluding carboxylic acids is 1. The van der Waals surface area contributed by atoms with Crippen LogP contribution in [0.4, 0.5) is 5.13 Å². The summed E-state index contributed by atoms with van der Waals surface area (Å²) in [6.07, 6.45) is 0. The smallest absolute Gasteiger partial charge is 0.272 e. The topological polar surface area (TPSA) is 33.2 Å². The molecule has 0 bridgehead atoms. The molecule has 0 fully saturated rings. The number of thiazole rings is 1. The number of aromatic nitrogens is 1. The van der Waals surface area contributed by atoms with Crippen molar-refractivity contribution in [2.45, 2.75) is 20.4 Å². The van der Waals surface area contributed by atoms with Gasteiger partial charge in [-0.05, 0) is 48.7 Å². The highest BCUT2D eigenvalue weighted by Gasteiger charge is 2.26. The number of carbonyl (C=O) groups is 1. The van der Waals surface area contributed by atoms with Gasteiger partial charge in [0.1, 0.15) is 4.88 Å². The Kier molecular flexibility index (Phi) is 5.26. The molecule has 0 aliphatic carbocycles. The summed E-state index contributed by atoms with van der Waals surface area (Å²) in [5.74, 6) is -0.123. The molecule has 1 amide bonds. The van der Waals surface area contributed by atoms with Crippen LogP contribution in [0.15, 0.2) is 66.7 Å². The Morgan fingerprint density at radius 1 is 0.935 bits per heavy atom. The summed E-state index contributed by atoms with van der Waals surface area (Å²) in [6.45, 7) is 4.61. The number of thiophene rings is 1. The highest BCUT2D eigenvalue weighted by Crippen LogP contribution is 2.38. The summed E-state index contributed by atoms with van der Waals surface area (Å²) in [5.41, 5.74) is 4.37. The molecule has 0 saturated heterocycles. The van der Waals surface area contributed by atoms with Crippen LogP contribution in [-0.4, -0.2) is 10.9 Å². The fourth-order valence-electron chi connectivity index (χ4n) is 3.55. The first-order chi connectivity index (χ1) is 15.0. The number of nitrogens with zero attached hydrogens (tertiary/aromatic N) is 2. The second-order valence-electron chi connectivity index (χ2n) is 7.52. The molecule has 0 spiro atoms. The maximum absolute atomic E-state index is 13.8. The van der Waals surface area contributed by atoms with E-state index in [2.05, 4.69) is 26.0 Å². The molecule has 3 aromatic carbocycles. The van der Waals surface area contributed by atoms with Crippen LogP contribution in [0.5, 0.6) is 0 Å². The summed E-state index contributed by atoms with van der Waals surface area (Å²) in [5, 5.41) is 2.10. The molecule has 0 aliphatic rings. The first kappa shape index (κ1) is 20.2. The molecule has 154 valence electrons. The van der Waals surface area contributed by atoms with Gasteiger partial charge in [0.25, 0.3) is 5.91 Å². The molecule has 0 unspecified atom stereocenters. The van der Waals surface area contributed by atoms with E-state index in [-0.39, 0.29) is 5.91 Å². The Balaban J connectivity index is 1.63. The second kappa shape index (κ2) is 8.08. The van der Waals surface area contributed by atoms with Crippen molar-refractivity contribution in [3.63, 3.8) is 0 Å². The fourth-order valence-corrected chi connectivity index (χ4v) is 6.05. The highest BCUT2D eigenvalue weighted by molar-refractivity contribution is 7.23. The Morgan fingerprint density at radius 2 is 1.65 bits per heavy atom. The van der Waals surface area contributed by atoms with Crippen molar-refractivity contribution in [3.05, 3.63) is 93.3 Å². The van der Waals surface area contributed by atoms with Crippen molar-refractivity contribution in [2.24, 2.45) is 0 Å². The number of aryl methyl sites for hydroxylation is 2. The molecule has 0 N–H and O–H groups in total. The average molecular weight is 463 g/mol. The van der Waals surface area contributed by atoms with Crippen molar-refractivity contribution in [1.82, 2.24) is 4.98 Å². The van der Waals surface area contributed by atoms with Gasteiger partial charge in [0.2, 0.25) is 0 Å². The predicted octanol–water partition coefficient (Wildman–Crippen LogP) is 7.63. The van der Waals surface area contributed by atoms with Crippen LogP contribution < -0.4 is 4.90 Å². The third-order valence-electron chi connectivity index (χ3n) is 5.38. The average Bonchev–Trinajstić information content (AvgIpc) is 3.33. The van der Waals surface area contributed by atoms with Crippen LogP contribution in [0.3, 0.4) is 0 Å². The van der Waals surface area contributed by atoms with E-state index in [0.29, 0.717) is 21.6 Å². The van der Waals surface area contributed by atoms with Gasteiger partial charge in [-0.25, -0.2) is 4.98 Å². The van der Waals surface area contributed by atoms with Gasteiger partial charge in [0.05, 0.1) is 21.8 Å². The molecule has 0 atom stereocenters. The Bertz CT molecular complexity index is 1380. The standard InChI is InChI=1S/C25H19ClN2OS2/c1-15-12-19-21(13-16(15)2)31-25(27-19)28(14-17-8-4-3-5-9-17)24(29)23-22(26)18-10-6-7-11-20(18)30-23/h3-13H,14H2,1-2H3. The molecule has 5 rings (SSSR count). The molecule has 2 aromatic heterocycles. The van der Waals surface area contributed by atoms with E-state index < -0.39 is 0 Å². The van der Waals surface area contributed by atoms with E-state index in [1.807, 2.05) is 54.6 Å². The third kappa shape index (κ3) is 3.74. The number of benzene rings is 3. The van der Waals surface area contributed by atoms with Crippen LogP contribution in [0.1, 0.15) is 26.4 Å². The molecule has 0 radical (unpaired) electrons. The second-order valence-corrected chi connectivity index (χ2v) is 9.96. The summed E-state index contributed by atoms with van der Waals surface area (Å²) in [4.78, 5) is 20.9. The number of halogens is 1. The van der Waals surface area contributed by atoms with Crippen molar-refractivity contribution in [2.75, 3.05) is 4.90 Å². The van der Waals surface area contributed by atoms with Gasteiger partial charge < -0.3 is 0 Å². The van der Waals surface area contributed by atoms with Crippen LogP contribution >= 0.6 is 34.3 Å². The quantitative estimate of drug-likeness (QED) is 0.275. The highest BCUT2D eigenvalue weighted by atomic mass is 35.5. The lowest BCUT2D eigenvalue weighted by Gasteiger charge is -2.19. The summed E-state index contributed by atoms with van der Waals surface area (Å²) >= 11 is 9.62. The number of fused-ring (bicyclic) bond motifs is 2. The first-order valence-corrected chi connectivity index (χ1v) is 11.9. The molecular formula is C25H19ClN2OS2. The number of hydrogen-bond acceptors (Lipinski definition) is 4. The minimum atomic E-state index is -0.123. The molecular weight excluding hydrogens is 444 g/mol. The van der Waals surface area contributed by atoms with Crippen LogP contribution in [-0.2, 0) is 6.54 Å². The van der Waals surface area contributed by atoms with Gasteiger partial charge in [0, 0.05) is 10.1 Å². The van der Waals surface area contributed by atoms with Gasteiger partial charge in [-0.1, -0.05) is 71.5 Å². The summed E-state index contributed by atoms with van der Waals surface area (Å²) in [7, 11) is 0. The van der Waals surface area contributed by atoms with E-state index in [1.54, 1.807) is 4.90 Å². The zero-order valence-electron chi connectivity index (χ0n) is 17.1. The Morgan fingerprint density at radius 3 is 2.42 bits per heavy atom. The Labute approximate surface area is 193 Å². The lowest BCUT2D eigenvalue weighted by Crippen LogP contribution is -2.29. The molecule has 3 nitrogen and oxygen atoms in total. The normalized spacial score (nSPS) is 11.3. The van der Waals surface area contributed by atoms with Gasteiger partial charge in [-0.15, -0.1) is 11.3 Å². The monoisotopic (exact) mass is 462 g/mol. The van der Waals surface area contributed by atoms with Gasteiger partial charge >= 0.3 is 0 Å². The molecule has 6 heteroatoms. The number of rotatable bonds is 4. The Hall–Kier alpha value is -2.73. The summed E-state index contributed by atoms with van der Waals surface area (Å²) < 4.78 is 2.08. The summed E-state index contributed by atoms with van der Waals surface area (Å²) in [6, 6.07) is 22.1. The van der Waals surface area contributed by atoms with Crippen molar-refractivity contribution < 1.29 is 4.79 Å². The lowest BCUT2D eigenvalue weighted by atomic mass is 10.1. The van der Waals surface area contributed by atoms with E-state index in [1.165, 1.54) is 33.8 Å². The van der Waals surface area contributed by atoms with Gasteiger partial charge in [-0.3, -0.25) is 9.69 Å². The van der Waals surface area contributed by atoms with Crippen LogP contribution in [0, 0.1) is 13.8 Å². The zero-order chi connectivity index (χ0) is 21.5. The van der Waals surface area contributed by atoms with Crippen LogP contribution in [0.25, 0.3) is 20.3 Å². The largest absolute Gasteiger partial charge is 0.279 e. The predicted molar refractivity (Wildman–Crippen MR) is 133 cm³/mol. The lowest BCUT2D eigenvalue weighted by molar-refractivity contribution is 0.0989. The molecule has 31 heavy (non-hydrogen) atoms. The van der Waals surface area contributed by atoms with Crippen molar-refractivity contribution >= 4 is 65.6 Å². The number of hydrogen-bond donors (Lipinski definition) is 0. The molecule has 2 heterocycles. The minimum absolute atomic E-state index is 0.123. The van der Waals surface area contributed by atoms with E-state index in [4.69, 9.17) is 16.6 Å². The minimum Gasteiger partial charge on any atom is -0.279 e.